The summed E-state index contributed by atoms with van der Waals surface area (Å²) in [6.07, 6.45) is 3.36. The fourth-order valence-electron chi connectivity index (χ4n) is 2.08. The average Bonchev–Trinajstić information content (AvgIpc) is 2.32. The number of hydrogen-bond acceptors (Lipinski definition) is 4. The first-order valence-corrected chi connectivity index (χ1v) is 6.98. The maximum Gasteiger partial charge on any atom is 0.316 e. The molecule has 0 aromatic carbocycles. The third-order valence-corrected chi connectivity index (χ3v) is 4.36. The van der Waals surface area contributed by atoms with E-state index in [1.54, 1.807) is 0 Å². The largest absolute Gasteiger partial charge is 0.468 e. The molecule has 0 amide bonds. The molecule has 1 rings (SSSR count). The van der Waals surface area contributed by atoms with E-state index in [1.165, 1.54) is 7.11 Å². The van der Waals surface area contributed by atoms with E-state index in [1.807, 2.05) is 20.8 Å². The van der Waals surface area contributed by atoms with Gasteiger partial charge in [0.15, 0.2) is 5.78 Å². The van der Waals surface area contributed by atoms with Crippen molar-refractivity contribution in [3.05, 3.63) is 0 Å². The number of ketones is 2. The minimum atomic E-state index is -0.909. The highest BCUT2D eigenvalue weighted by Gasteiger charge is 2.39. The number of rotatable bonds is 7. The van der Waals surface area contributed by atoms with E-state index in [4.69, 9.17) is 0 Å². The lowest BCUT2D eigenvalue weighted by Crippen LogP contribution is -2.37. The quantitative estimate of drug-likeness (QED) is 0.526. The van der Waals surface area contributed by atoms with Crippen LogP contribution in [0.25, 0.3) is 0 Å². The zero-order valence-corrected chi connectivity index (χ0v) is 12.3. The van der Waals surface area contributed by atoms with E-state index in [2.05, 4.69) is 4.74 Å². The molecule has 19 heavy (non-hydrogen) atoms. The molecule has 0 bridgehead atoms. The van der Waals surface area contributed by atoms with Crippen LogP contribution >= 0.6 is 0 Å². The summed E-state index contributed by atoms with van der Waals surface area (Å²) in [4.78, 5) is 36.2. The standard InChI is InChI=1S/C15H24O4/c1-5-15(2,3)12(16)9-11(14(18)19-4)13(17)10-7-6-8-10/h10-11H,5-9H2,1-4H3. The second-order valence-electron chi connectivity index (χ2n) is 5.97. The van der Waals surface area contributed by atoms with Gasteiger partial charge in [-0.15, -0.1) is 0 Å². The van der Waals surface area contributed by atoms with Crippen LogP contribution in [-0.4, -0.2) is 24.6 Å². The molecule has 1 aliphatic rings. The van der Waals surface area contributed by atoms with Gasteiger partial charge in [0, 0.05) is 17.8 Å². The van der Waals surface area contributed by atoms with Crippen molar-refractivity contribution in [1.82, 2.24) is 0 Å². The van der Waals surface area contributed by atoms with Crippen molar-refractivity contribution in [2.24, 2.45) is 17.3 Å². The van der Waals surface area contributed by atoms with Crippen LogP contribution in [0.5, 0.6) is 0 Å². The molecule has 0 saturated heterocycles. The van der Waals surface area contributed by atoms with Crippen LogP contribution in [0.2, 0.25) is 0 Å². The summed E-state index contributed by atoms with van der Waals surface area (Å²) >= 11 is 0. The Bertz CT molecular complexity index is 366. The first-order chi connectivity index (χ1) is 8.83. The summed E-state index contributed by atoms with van der Waals surface area (Å²) in [6, 6.07) is 0. The van der Waals surface area contributed by atoms with Gasteiger partial charge in [-0.1, -0.05) is 27.2 Å². The number of ether oxygens (including phenoxy) is 1. The molecule has 1 saturated carbocycles. The van der Waals surface area contributed by atoms with E-state index in [0.717, 1.165) is 19.3 Å². The highest BCUT2D eigenvalue weighted by atomic mass is 16.5. The molecular weight excluding hydrogens is 244 g/mol. The predicted molar refractivity (Wildman–Crippen MR) is 71.6 cm³/mol. The summed E-state index contributed by atoms with van der Waals surface area (Å²) in [6.45, 7) is 5.62. The van der Waals surface area contributed by atoms with Crippen LogP contribution < -0.4 is 0 Å². The van der Waals surface area contributed by atoms with Gasteiger partial charge >= 0.3 is 5.97 Å². The fourth-order valence-corrected chi connectivity index (χ4v) is 2.08. The minimum Gasteiger partial charge on any atom is -0.468 e. The molecular formula is C15H24O4. The molecule has 0 aromatic heterocycles. The van der Waals surface area contributed by atoms with Crippen molar-refractivity contribution in [1.29, 1.82) is 0 Å². The maximum absolute atomic E-state index is 12.2. The highest BCUT2D eigenvalue weighted by molar-refractivity contribution is 6.04. The van der Waals surface area contributed by atoms with Crippen LogP contribution in [0.4, 0.5) is 0 Å². The van der Waals surface area contributed by atoms with Gasteiger partial charge in [0.2, 0.25) is 0 Å². The van der Waals surface area contributed by atoms with Crippen LogP contribution in [0.1, 0.15) is 52.9 Å². The molecule has 0 N–H and O–H groups in total. The first-order valence-electron chi connectivity index (χ1n) is 6.98. The summed E-state index contributed by atoms with van der Waals surface area (Å²) in [5.74, 6) is -1.69. The third-order valence-electron chi connectivity index (χ3n) is 4.36. The number of methoxy groups -OCH3 is 1. The molecule has 108 valence electrons. The van der Waals surface area contributed by atoms with E-state index in [9.17, 15) is 14.4 Å². The van der Waals surface area contributed by atoms with Gasteiger partial charge in [-0.3, -0.25) is 14.4 Å². The Morgan fingerprint density at radius 2 is 1.84 bits per heavy atom. The van der Waals surface area contributed by atoms with E-state index < -0.39 is 17.3 Å². The second-order valence-corrected chi connectivity index (χ2v) is 5.97. The average molecular weight is 268 g/mol. The van der Waals surface area contributed by atoms with Crippen molar-refractivity contribution in [2.75, 3.05) is 7.11 Å². The predicted octanol–water partition coefficient (Wildman–Crippen LogP) is 2.54. The van der Waals surface area contributed by atoms with Crippen LogP contribution in [-0.2, 0) is 19.1 Å². The van der Waals surface area contributed by atoms with Crippen LogP contribution in [0.3, 0.4) is 0 Å². The molecule has 1 unspecified atom stereocenters. The van der Waals surface area contributed by atoms with Gasteiger partial charge in [-0.2, -0.15) is 0 Å². The highest BCUT2D eigenvalue weighted by Crippen LogP contribution is 2.32. The summed E-state index contributed by atoms with van der Waals surface area (Å²) in [7, 11) is 1.26. The molecule has 0 heterocycles. The molecule has 4 heteroatoms. The lowest BCUT2D eigenvalue weighted by molar-refractivity contribution is -0.154. The topological polar surface area (TPSA) is 60.4 Å². The van der Waals surface area contributed by atoms with Crippen molar-refractivity contribution in [3.63, 3.8) is 0 Å². The molecule has 1 aliphatic carbocycles. The normalized spacial score (nSPS) is 17.5. The first kappa shape index (κ1) is 15.9. The zero-order chi connectivity index (χ0) is 14.6. The Morgan fingerprint density at radius 3 is 2.21 bits per heavy atom. The van der Waals surface area contributed by atoms with Gasteiger partial charge in [0.05, 0.1) is 7.11 Å². The van der Waals surface area contributed by atoms with Crippen molar-refractivity contribution in [2.45, 2.75) is 52.9 Å². The molecule has 0 aliphatic heterocycles. The Labute approximate surface area is 114 Å². The number of carbonyl (C=O) groups excluding carboxylic acids is 3. The summed E-state index contributed by atoms with van der Waals surface area (Å²) in [5, 5.41) is 0. The second kappa shape index (κ2) is 6.31. The number of esters is 1. The number of carbonyl (C=O) groups is 3. The third kappa shape index (κ3) is 3.64. The monoisotopic (exact) mass is 268 g/mol. The molecule has 1 fully saturated rings. The van der Waals surface area contributed by atoms with Crippen molar-refractivity contribution >= 4 is 17.5 Å². The van der Waals surface area contributed by atoms with Gasteiger partial charge in [0.25, 0.3) is 0 Å². The maximum atomic E-state index is 12.2. The lowest BCUT2D eigenvalue weighted by Gasteiger charge is -2.28. The smallest absolute Gasteiger partial charge is 0.316 e. The molecule has 0 radical (unpaired) electrons. The fraction of sp³-hybridized carbons (Fsp3) is 0.800. The Hall–Kier alpha value is -1.19. The van der Waals surface area contributed by atoms with Crippen molar-refractivity contribution in [3.8, 4) is 0 Å². The van der Waals surface area contributed by atoms with Crippen LogP contribution in [0.15, 0.2) is 0 Å². The number of Topliss-reactive ketones (excluding diaryl/α,β-unsaturated/α-hetero) is 2. The Balaban J connectivity index is 2.77. The molecule has 0 aromatic rings. The van der Waals surface area contributed by atoms with Gasteiger partial charge in [0.1, 0.15) is 11.7 Å². The molecule has 4 nitrogen and oxygen atoms in total. The lowest BCUT2D eigenvalue weighted by atomic mass is 9.74. The Kier molecular flexibility index (Phi) is 5.27. The van der Waals surface area contributed by atoms with Crippen LogP contribution in [0, 0.1) is 17.3 Å². The Morgan fingerprint density at radius 1 is 1.26 bits per heavy atom. The van der Waals surface area contributed by atoms with Crippen molar-refractivity contribution < 1.29 is 19.1 Å². The van der Waals surface area contributed by atoms with E-state index >= 15 is 0 Å². The van der Waals surface area contributed by atoms with E-state index in [0.29, 0.717) is 6.42 Å². The number of hydrogen-bond donors (Lipinski definition) is 0. The molecule has 0 spiro atoms. The SMILES string of the molecule is CCC(C)(C)C(=O)CC(C(=O)OC)C(=O)C1CCC1. The molecule has 1 atom stereocenters. The van der Waals surface area contributed by atoms with Gasteiger partial charge in [-0.25, -0.2) is 0 Å². The summed E-state index contributed by atoms with van der Waals surface area (Å²) < 4.78 is 4.69. The van der Waals surface area contributed by atoms with E-state index in [-0.39, 0.29) is 23.9 Å². The van der Waals surface area contributed by atoms with Gasteiger partial charge in [-0.05, 0) is 19.3 Å². The summed E-state index contributed by atoms with van der Waals surface area (Å²) in [5.41, 5.74) is -0.494. The zero-order valence-electron chi connectivity index (χ0n) is 12.3. The minimum absolute atomic E-state index is 0.0250. The van der Waals surface area contributed by atoms with Gasteiger partial charge < -0.3 is 4.74 Å².